The molecular formula is C23H19ClN4O2. The molecule has 3 N–H and O–H groups in total. The van der Waals surface area contributed by atoms with Gasteiger partial charge < -0.3 is 10.4 Å². The van der Waals surface area contributed by atoms with E-state index >= 15 is 0 Å². The Hall–Kier alpha value is -2.96. The van der Waals surface area contributed by atoms with Crippen LogP contribution in [0.3, 0.4) is 0 Å². The number of H-pyrrole nitrogens is 1. The molecule has 6 nitrogen and oxygen atoms in total. The number of hydrogen-bond donors (Lipinski definition) is 3. The van der Waals surface area contributed by atoms with Crippen molar-refractivity contribution in [3.63, 3.8) is 0 Å². The Kier molecular flexibility index (Phi) is 3.73. The van der Waals surface area contributed by atoms with E-state index in [1.54, 1.807) is 18.5 Å². The van der Waals surface area contributed by atoms with E-state index in [0.29, 0.717) is 23.4 Å². The number of para-hydroxylation sites is 1. The van der Waals surface area contributed by atoms with Crippen LogP contribution in [0.1, 0.15) is 28.8 Å². The number of nitrogens with one attached hydrogen (secondary N) is 2. The third-order valence-electron chi connectivity index (χ3n) is 6.69. The maximum atomic E-state index is 12.9. The van der Waals surface area contributed by atoms with Gasteiger partial charge in [-0.05, 0) is 54.5 Å². The third-order valence-corrected chi connectivity index (χ3v) is 6.91. The quantitative estimate of drug-likeness (QED) is 0.472. The van der Waals surface area contributed by atoms with Gasteiger partial charge in [-0.3, -0.25) is 14.9 Å². The van der Waals surface area contributed by atoms with E-state index in [0.717, 1.165) is 27.4 Å². The number of amides is 1. The molecule has 30 heavy (non-hydrogen) atoms. The fourth-order valence-corrected chi connectivity index (χ4v) is 5.44. The Labute approximate surface area is 177 Å². The molecule has 1 amide bonds. The Morgan fingerprint density at radius 1 is 1.17 bits per heavy atom. The molecule has 6 rings (SSSR count). The lowest BCUT2D eigenvalue weighted by Crippen LogP contribution is -2.33. The molecule has 150 valence electrons. The summed E-state index contributed by atoms with van der Waals surface area (Å²) in [7, 11) is 0. The monoisotopic (exact) mass is 418 g/mol. The summed E-state index contributed by atoms with van der Waals surface area (Å²) in [4.78, 5) is 17.2. The minimum absolute atomic E-state index is 0.0866. The zero-order valence-electron chi connectivity index (χ0n) is 16.0. The molecule has 0 radical (unpaired) electrons. The van der Waals surface area contributed by atoms with E-state index in [2.05, 4.69) is 20.5 Å². The van der Waals surface area contributed by atoms with Gasteiger partial charge in [-0.25, -0.2) is 0 Å². The molecule has 2 aromatic heterocycles. The third kappa shape index (κ3) is 2.64. The largest absolute Gasteiger partial charge is 0.385 e. The van der Waals surface area contributed by atoms with Crippen molar-refractivity contribution in [2.45, 2.75) is 24.5 Å². The van der Waals surface area contributed by atoms with Gasteiger partial charge in [0, 0.05) is 28.0 Å². The zero-order valence-corrected chi connectivity index (χ0v) is 16.7. The number of aliphatic hydroxyl groups is 1. The first kappa shape index (κ1) is 17.9. The van der Waals surface area contributed by atoms with Crippen LogP contribution in [-0.4, -0.2) is 32.2 Å². The van der Waals surface area contributed by atoms with Gasteiger partial charge in [0.25, 0.3) is 5.91 Å². The van der Waals surface area contributed by atoms with Gasteiger partial charge in [0.15, 0.2) is 0 Å². The van der Waals surface area contributed by atoms with E-state index in [4.69, 9.17) is 11.6 Å². The maximum Gasteiger partial charge on any atom is 0.252 e. The molecule has 2 aliphatic rings. The fourth-order valence-electron chi connectivity index (χ4n) is 5.22. The van der Waals surface area contributed by atoms with Crippen molar-refractivity contribution < 1.29 is 9.90 Å². The second-order valence-electron chi connectivity index (χ2n) is 8.43. The molecule has 2 saturated carbocycles. The Morgan fingerprint density at radius 2 is 1.97 bits per heavy atom. The van der Waals surface area contributed by atoms with Crippen molar-refractivity contribution in [2.75, 3.05) is 0 Å². The number of carbonyl (C=O) groups excluding carboxylic acids is 1. The second kappa shape index (κ2) is 6.27. The number of nitrogens with zero attached hydrogens (tertiary/aromatic N) is 2. The molecule has 0 bridgehead atoms. The topological polar surface area (TPSA) is 90.9 Å². The first-order valence-electron chi connectivity index (χ1n) is 10.0. The lowest BCUT2D eigenvalue weighted by molar-refractivity contribution is 0.0293. The standard InChI is InChI=1S/C23H19ClN4O2/c24-12-7-18(17-11-26-28-20(17)8-12)23(30)9-15-16(10-23)21(15)27-22(29)14-5-6-25-19-4-2-1-3-13(14)19/h1-8,11,15-16,21,30H,9-10H2,(H,26,28)(H,27,29)/t15-,16+,21?,23+. The van der Waals surface area contributed by atoms with E-state index in [9.17, 15) is 9.90 Å². The molecule has 4 atom stereocenters. The number of halogens is 1. The highest BCUT2D eigenvalue weighted by molar-refractivity contribution is 6.31. The highest BCUT2D eigenvalue weighted by atomic mass is 35.5. The first-order valence-corrected chi connectivity index (χ1v) is 10.4. The Balaban J connectivity index is 1.22. The number of carbonyl (C=O) groups is 1. The van der Waals surface area contributed by atoms with Crippen molar-refractivity contribution in [3.8, 4) is 0 Å². The fraction of sp³-hybridized carbons (Fsp3) is 0.261. The number of aromatic amines is 1. The summed E-state index contributed by atoms with van der Waals surface area (Å²) in [5.74, 6) is 0.428. The molecule has 4 aromatic rings. The van der Waals surface area contributed by atoms with Crippen LogP contribution in [0.15, 0.2) is 54.9 Å². The van der Waals surface area contributed by atoms with Gasteiger partial charge in [0.05, 0.1) is 28.4 Å². The smallest absolute Gasteiger partial charge is 0.252 e. The molecule has 2 heterocycles. The van der Waals surface area contributed by atoms with Gasteiger partial charge in [-0.15, -0.1) is 0 Å². The summed E-state index contributed by atoms with van der Waals surface area (Å²) < 4.78 is 0. The lowest BCUT2D eigenvalue weighted by Gasteiger charge is -2.27. The van der Waals surface area contributed by atoms with Crippen LogP contribution in [0.5, 0.6) is 0 Å². The van der Waals surface area contributed by atoms with Crippen molar-refractivity contribution in [2.24, 2.45) is 11.8 Å². The van der Waals surface area contributed by atoms with E-state index in [1.807, 2.05) is 36.4 Å². The highest BCUT2D eigenvalue weighted by Crippen LogP contribution is 2.60. The minimum Gasteiger partial charge on any atom is -0.385 e. The van der Waals surface area contributed by atoms with Gasteiger partial charge in [-0.1, -0.05) is 29.8 Å². The predicted octanol–water partition coefficient (Wildman–Crippen LogP) is 3.79. The highest BCUT2D eigenvalue weighted by Gasteiger charge is 2.62. The molecule has 0 saturated heterocycles. The summed E-state index contributed by atoms with van der Waals surface area (Å²) in [6.07, 6.45) is 4.59. The van der Waals surface area contributed by atoms with Crippen molar-refractivity contribution in [1.29, 1.82) is 0 Å². The van der Waals surface area contributed by atoms with Crippen LogP contribution >= 0.6 is 11.6 Å². The number of aromatic nitrogens is 3. The van der Waals surface area contributed by atoms with Gasteiger partial charge >= 0.3 is 0 Å². The molecule has 2 aliphatic carbocycles. The molecular weight excluding hydrogens is 400 g/mol. The number of benzene rings is 2. The summed E-state index contributed by atoms with van der Waals surface area (Å²) >= 11 is 6.26. The molecule has 1 unspecified atom stereocenters. The Bertz CT molecular complexity index is 1300. The summed E-state index contributed by atoms with van der Waals surface area (Å²) in [6, 6.07) is 13.1. The van der Waals surface area contributed by atoms with Gasteiger partial charge in [0.1, 0.15) is 0 Å². The molecule has 0 spiro atoms. The summed E-state index contributed by atoms with van der Waals surface area (Å²) in [5, 5.41) is 23.9. The lowest BCUT2D eigenvalue weighted by atomic mass is 9.86. The minimum atomic E-state index is -0.951. The average Bonchev–Trinajstić information content (AvgIpc) is 3.11. The van der Waals surface area contributed by atoms with Crippen molar-refractivity contribution in [1.82, 2.24) is 20.5 Å². The van der Waals surface area contributed by atoms with E-state index in [-0.39, 0.29) is 23.8 Å². The summed E-state index contributed by atoms with van der Waals surface area (Å²) in [5.41, 5.74) is 2.13. The number of pyridine rings is 1. The van der Waals surface area contributed by atoms with Gasteiger partial charge in [0.2, 0.25) is 0 Å². The van der Waals surface area contributed by atoms with Crippen LogP contribution in [0.25, 0.3) is 21.8 Å². The van der Waals surface area contributed by atoms with Crippen LogP contribution in [0.4, 0.5) is 0 Å². The van der Waals surface area contributed by atoms with Crippen LogP contribution in [-0.2, 0) is 5.60 Å². The molecule has 0 aliphatic heterocycles. The maximum absolute atomic E-state index is 12.9. The van der Waals surface area contributed by atoms with Crippen molar-refractivity contribution in [3.05, 3.63) is 71.0 Å². The zero-order chi connectivity index (χ0) is 20.5. The van der Waals surface area contributed by atoms with E-state index < -0.39 is 5.60 Å². The molecule has 2 fully saturated rings. The normalized spacial score (nSPS) is 27.3. The first-order chi connectivity index (χ1) is 14.5. The molecule has 7 heteroatoms. The van der Waals surface area contributed by atoms with Crippen LogP contribution < -0.4 is 5.32 Å². The summed E-state index contributed by atoms with van der Waals surface area (Å²) in [6.45, 7) is 0. The second-order valence-corrected chi connectivity index (χ2v) is 8.86. The Morgan fingerprint density at radius 3 is 2.80 bits per heavy atom. The molecule has 2 aromatic carbocycles. The van der Waals surface area contributed by atoms with Crippen LogP contribution in [0, 0.1) is 11.8 Å². The predicted molar refractivity (Wildman–Crippen MR) is 114 cm³/mol. The van der Waals surface area contributed by atoms with Crippen LogP contribution in [0.2, 0.25) is 5.02 Å². The number of rotatable bonds is 3. The van der Waals surface area contributed by atoms with E-state index in [1.165, 1.54) is 0 Å². The average molecular weight is 419 g/mol. The number of fused-ring (bicyclic) bond motifs is 3. The number of hydrogen-bond acceptors (Lipinski definition) is 4. The van der Waals surface area contributed by atoms with Gasteiger partial charge in [-0.2, -0.15) is 5.10 Å². The van der Waals surface area contributed by atoms with Crippen molar-refractivity contribution >= 4 is 39.3 Å². The SMILES string of the molecule is O=C(NC1[C@H]2C[C@](O)(c3cc(Cl)cc4[nH]ncc34)C[C@@H]12)c1ccnc2ccccc12.